The first-order valence-electron chi connectivity index (χ1n) is 10.4. The maximum Gasteiger partial charge on any atom is 0.339 e. The van der Waals surface area contributed by atoms with Crippen LogP contribution in [-0.2, 0) is 24.5 Å². The minimum absolute atomic E-state index is 0.00919. The first-order chi connectivity index (χ1) is 16.2. The maximum atomic E-state index is 15.1. The number of Topliss-reactive ketones (excluding diaryl/α,β-unsaturated/α-hetero) is 1. The van der Waals surface area contributed by atoms with Gasteiger partial charge in [0.05, 0.1) is 12.8 Å². The number of carbonyl (C=O) groups excluding carboxylic acids is 3. The molecule has 1 aliphatic carbocycles. The Morgan fingerprint density at radius 2 is 1.85 bits per heavy atom. The van der Waals surface area contributed by atoms with E-state index in [4.69, 9.17) is 33.7 Å². The molecule has 1 amide bonds. The van der Waals surface area contributed by atoms with Crippen LogP contribution < -0.4 is 16.0 Å². The number of nitrogens with zero attached hydrogens (tertiary/aromatic N) is 1. The summed E-state index contributed by atoms with van der Waals surface area (Å²) in [4.78, 5) is 41.7. The van der Waals surface area contributed by atoms with Crippen LogP contribution in [0.15, 0.2) is 59.1 Å². The van der Waals surface area contributed by atoms with E-state index in [9.17, 15) is 14.4 Å². The van der Waals surface area contributed by atoms with Gasteiger partial charge >= 0.3 is 5.97 Å². The Morgan fingerprint density at radius 1 is 1.15 bits per heavy atom. The van der Waals surface area contributed by atoms with Gasteiger partial charge in [0.1, 0.15) is 22.6 Å². The molecule has 1 atom stereocenters. The Hall–Kier alpha value is -3.36. The van der Waals surface area contributed by atoms with Gasteiger partial charge in [-0.25, -0.2) is 9.18 Å². The van der Waals surface area contributed by atoms with E-state index < -0.39 is 23.1 Å². The number of methoxy groups -OCH3 is 1. The number of amides is 1. The zero-order chi connectivity index (χ0) is 24.4. The standard InChI is InChI=1S/C24H18Cl2FN3O4/c1-34-22(32)20-21(28)30(16-8-6-12(26)10-14(16)27)17-3-2-4-18(31)19(17)24(20)13-9-11(25)5-7-15(13)29-23(24)33/h5-10H,2-4,28H2,1H3,(H,29,33). The molecule has 0 radical (unpaired) electrons. The SMILES string of the molecule is COC(=O)C1=C(N)N(c2ccc(Cl)cc2F)C2=C(C(=O)CCC2)C12C(=O)Nc1ccc(Cl)cc12. The molecule has 174 valence electrons. The summed E-state index contributed by atoms with van der Waals surface area (Å²) in [5.41, 5.74) is 5.47. The van der Waals surface area contributed by atoms with E-state index in [1.807, 2.05) is 0 Å². The molecule has 0 bridgehead atoms. The second-order valence-electron chi connectivity index (χ2n) is 8.18. The van der Waals surface area contributed by atoms with Gasteiger partial charge in [-0.1, -0.05) is 23.2 Å². The number of ether oxygens (including phenoxy) is 1. The van der Waals surface area contributed by atoms with Crippen LogP contribution in [0.1, 0.15) is 24.8 Å². The highest BCUT2D eigenvalue weighted by Gasteiger charge is 2.62. The molecule has 7 nitrogen and oxygen atoms in total. The molecule has 3 aliphatic rings. The van der Waals surface area contributed by atoms with Crippen LogP contribution in [0.5, 0.6) is 0 Å². The number of esters is 1. The molecule has 1 unspecified atom stereocenters. The van der Waals surface area contributed by atoms with E-state index in [1.165, 1.54) is 23.1 Å². The molecule has 5 rings (SSSR count). The Morgan fingerprint density at radius 3 is 2.56 bits per heavy atom. The van der Waals surface area contributed by atoms with E-state index >= 15 is 4.39 Å². The number of rotatable bonds is 2. The minimum atomic E-state index is -1.89. The second kappa shape index (κ2) is 7.85. The number of hydrogen-bond acceptors (Lipinski definition) is 6. The van der Waals surface area contributed by atoms with Gasteiger partial charge in [-0.3, -0.25) is 14.5 Å². The van der Waals surface area contributed by atoms with Gasteiger partial charge in [0.25, 0.3) is 0 Å². The predicted molar refractivity (Wildman–Crippen MR) is 125 cm³/mol. The zero-order valence-electron chi connectivity index (χ0n) is 17.9. The lowest BCUT2D eigenvalue weighted by Crippen LogP contribution is -2.53. The summed E-state index contributed by atoms with van der Waals surface area (Å²) in [6, 6.07) is 8.68. The summed E-state index contributed by atoms with van der Waals surface area (Å²) in [6.45, 7) is 0. The minimum Gasteiger partial charge on any atom is -0.466 e. The van der Waals surface area contributed by atoms with Gasteiger partial charge < -0.3 is 15.8 Å². The van der Waals surface area contributed by atoms with Crippen molar-refractivity contribution in [2.24, 2.45) is 5.73 Å². The van der Waals surface area contributed by atoms with Crippen molar-refractivity contribution in [2.45, 2.75) is 24.7 Å². The molecule has 3 N–H and O–H groups in total. The molecule has 1 spiro atoms. The number of halogens is 3. The van der Waals surface area contributed by atoms with Crippen molar-refractivity contribution in [3.8, 4) is 0 Å². The molecule has 2 aromatic carbocycles. The van der Waals surface area contributed by atoms with Gasteiger partial charge in [-0.05, 0) is 49.2 Å². The average molecular weight is 502 g/mol. The lowest BCUT2D eigenvalue weighted by atomic mass is 9.63. The number of fused-ring (bicyclic) bond motifs is 3. The molecule has 34 heavy (non-hydrogen) atoms. The largest absolute Gasteiger partial charge is 0.466 e. The Kier molecular flexibility index (Phi) is 5.18. The fourth-order valence-electron chi connectivity index (χ4n) is 5.12. The van der Waals surface area contributed by atoms with E-state index in [-0.39, 0.29) is 39.9 Å². The highest BCUT2D eigenvalue weighted by Crippen LogP contribution is 2.56. The molecule has 2 aliphatic heterocycles. The van der Waals surface area contributed by atoms with Crippen LogP contribution in [0.25, 0.3) is 0 Å². The van der Waals surface area contributed by atoms with Gasteiger partial charge in [-0.2, -0.15) is 0 Å². The van der Waals surface area contributed by atoms with Crippen molar-refractivity contribution >= 4 is 52.2 Å². The van der Waals surface area contributed by atoms with Crippen molar-refractivity contribution in [1.82, 2.24) is 0 Å². The number of benzene rings is 2. The van der Waals surface area contributed by atoms with Crippen molar-refractivity contribution < 1.29 is 23.5 Å². The molecular formula is C24H18Cl2FN3O4. The van der Waals surface area contributed by atoms with Crippen molar-refractivity contribution in [1.29, 1.82) is 0 Å². The van der Waals surface area contributed by atoms with E-state index in [2.05, 4.69) is 5.32 Å². The Labute approximate surface area is 203 Å². The van der Waals surface area contributed by atoms with E-state index in [0.29, 0.717) is 34.8 Å². The number of nitrogens with two attached hydrogens (primary N) is 1. The first-order valence-corrected chi connectivity index (χ1v) is 11.2. The number of nitrogens with one attached hydrogen (secondary N) is 1. The third-order valence-corrected chi connectivity index (χ3v) is 6.89. The van der Waals surface area contributed by atoms with E-state index in [1.54, 1.807) is 12.1 Å². The normalized spacial score (nSPS) is 21.6. The number of ketones is 1. The fraction of sp³-hybridized carbons (Fsp3) is 0.208. The van der Waals surface area contributed by atoms with Gasteiger partial charge in [0, 0.05) is 39.0 Å². The topological polar surface area (TPSA) is 102 Å². The van der Waals surface area contributed by atoms with Crippen LogP contribution in [0, 0.1) is 5.82 Å². The summed E-state index contributed by atoms with van der Waals surface area (Å²) in [7, 11) is 1.14. The quantitative estimate of drug-likeness (QED) is 0.598. The predicted octanol–water partition coefficient (Wildman–Crippen LogP) is 4.19. The molecule has 0 fully saturated rings. The highest BCUT2D eigenvalue weighted by molar-refractivity contribution is 6.32. The van der Waals surface area contributed by atoms with Gasteiger partial charge in [0.2, 0.25) is 5.91 Å². The lowest BCUT2D eigenvalue weighted by molar-refractivity contribution is -0.138. The molecule has 0 saturated carbocycles. The van der Waals surface area contributed by atoms with Gasteiger partial charge in [-0.15, -0.1) is 0 Å². The highest BCUT2D eigenvalue weighted by atomic mass is 35.5. The summed E-state index contributed by atoms with van der Waals surface area (Å²) < 4.78 is 20.1. The average Bonchev–Trinajstić information content (AvgIpc) is 3.06. The first kappa shape index (κ1) is 22.4. The molecule has 0 aromatic heterocycles. The number of anilines is 2. The third kappa shape index (κ3) is 2.91. The second-order valence-corrected chi connectivity index (χ2v) is 9.05. The number of hydrogen-bond donors (Lipinski definition) is 2. The zero-order valence-corrected chi connectivity index (χ0v) is 19.4. The molecule has 0 saturated heterocycles. The smallest absolute Gasteiger partial charge is 0.339 e. The monoisotopic (exact) mass is 501 g/mol. The van der Waals surface area contributed by atoms with Crippen LogP contribution in [0.4, 0.5) is 15.8 Å². The summed E-state index contributed by atoms with van der Waals surface area (Å²) in [5.74, 6) is -2.83. The maximum absolute atomic E-state index is 15.1. The Bertz CT molecular complexity index is 1370. The molecule has 2 heterocycles. The molecule has 2 aromatic rings. The van der Waals surface area contributed by atoms with Crippen LogP contribution in [0.2, 0.25) is 10.0 Å². The molecule has 10 heteroatoms. The fourth-order valence-corrected chi connectivity index (χ4v) is 5.45. The van der Waals surface area contributed by atoms with Crippen LogP contribution in [-0.4, -0.2) is 24.8 Å². The Balaban J connectivity index is 1.93. The van der Waals surface area contributed by atoms with Crippen molar-refractivity contribution in [2.75, 3.05) is 17.3 Å². The van der Waals surface area contributed by atoms with Crippen molar-refractivity contribution in [3.05, 3.63) is 80.5 Å². The number of allylic oxidation sites excluding steroid dienone is 1. The summed E-state index contributed by atoms with van der Waals surface area (Å²) >= 11 is 12.2. The third-order valence-electron chi connectivity index (χ3n) is 6.42. The summed E-state index contributed by atoms with van der Waals surface area (Å²) in [5, 5.41) is 3.22. The van der Waals surface area contributed by atoms with Crippen LogP contribution in [0.3, 0.4) is 0 Å². The molecular weight excluding hydrogens is 484 g/mol. The summed E-state index contributed by atoms with van der Waals surface area (Å²) in [6.07, 6.45) is 0.933. The number of carbonyl (C=O) groups is 3. The van der Waals surface area contributed by atoms with E-state index in [0.717, 1.165) is 13.2 Å². The lowest BCUT2D eigenvalue weighted by Gasteiger charge is -2.44. The van der Waals surface area contributed by atoms with Gasteiger partial charge in [0.15, 0.2) is 5.78 Å². The van der Waals surface area contributed by atoms with Crippen LogP contribution >= 0.6 is 23.2 Å². The van der Waals surface area contributed by atoms with Crippen molar-refractivity contribution in [3.63, 3.8) is 0 Å².